The van der Waals surface area contributed by atoms with Gasteiger partial charge in [0.15, 0.2) is 0 Å². The van der Waals surface area contributed by atoms with E-state index >= 15 is 0 Å². The highest BCUT2D eigenvalue weighted by Gasteiger charge is 2.01. The molecule has 0 saturated carbocycles. The van der Waals surface area contributed by atoms with Gasteiger partial charge in [-0.3, -0.25) is 0 Å². The Labute approximate surface area is 40.1 Å². The molecule has 0 bridgehead atoms. The lowest BCUT2D eigenvalue weighted by Gasteiger charge is -1.80. The van der Waals surface area contributed by atoms with Gasteiger partial charge in [-0.15, -0.1) is 5.11 Å². The van der Waals surface area contributed by atoms with Gasteiger partial charge in [-0.2, -0.15) is 5.11 Å². The van der Waals surface area contributed by atoms with Crippen LogP contribution in [0.3, 0.4) is 0 Å². The van der Waals surface area contributed by atoms with Gasteiger partial charge in [0.2, 0.25) is 6.20 Å². The summed E-state index contributed by atoms with van der Waals surface area (Å²) in [6.45, 7) is 0.135. The Morgan fingerprint density at radius 1 is 1.71 bits per heavy atom. The Morgan fingerprint density at radius 3 is 2.86 bits per heavy atom. The summed E-state index contributed by atoms with van der Waals surface area (Å²) < 4.78 is 0.701. The van der Waals surface area contributed by atoms with E-state index in [1.165, 1.54) is 12.4 Å². The van der Waals surface area contributed by atoms with Crippen molar-refractivity contribution in [3.63, 3.8) is 0 Å². The van der Waals surface area contributed by atoms with Crippen molar-refractivity contribution in [2.45, 2.75) is 0 Å². The second-order valence-corrected chi connectivity index (χ2v) is 1.11. The topological polar surface area (TPSA) is 44.8 Å². The Hall–Kier alpha value is -1.06. The molecule has 4 heteroatoms. The van der Waals surface area contributed by atoms with Crippen molar-refractivity contribution in [3.05, 3.63) is 17.3 Å². The van der Waals surface area contributed by atoms with Crippen LogP contribution in [0.4, 0.5) is 0 Å². The van der Waals surface area contributed by atoms with Gasteiger partial charge < -0.3 is 0 Å². The average molecular weight is 98.1 g/mol. The molecular formula is C3H4N3O+. The Morgan fingerprint density at radius 2 is 2.57 bits per heavy atom. The molecule has 0 aromatic rings. The lowest BCUT2D eigenvalue weighted by molar-refractivity contribution is -0.480. The molecule has 0 aromatic carbocycles. The molecule has 0 radical (unpaired) electrons. The van der Waals surface area contributed by atoms with Crippen LogP contribution in [-0.2, 0) is 0 Å². The van der Waals surface area contributed by atoms with Crippen LogP contribution < -0.4 is 0 Å². The van der Waals surface area contributed by atoms with Gasteiger partial charge in [0.25, 0.3) is 0 Å². The maximum atomic E-state index is 10.1. The van der Waals surface area contributed by atoms with Crippen LogP contribution in [0.15, 0.2) is 22.6 Å². The van der Waals surface area contributed by atoms with Gasteiger partial charge in [0.05, 0.1) is 4.76 Å². The van der Waals surface area contributed by atoms with Crippen molar-refractivity contribution in [3.8, 4) is 0 Å². The van der Waals surface area contributed by atoms with E-state index in [0.717, 1.165) is 0 Å². The molecule has 1 aliphatic heterocycles. The van der Waals surface area contributed by atoms with Gasteiger partial charge in [-0.1, -0.05) is 0 Å². The minimum Gasteiger partial charge on any atom is -0.151 e. The smallest absolute Gasteiger partial charge is 0.151 e. The zero-order chi connectivity index (χ0) is 5.11. The lowest BCUT2D eigenvalue weighted by Crippen LogP contribution is -1.99. The lowest BCUT2D eigenvalue weighted by atomic mass is 10.8. The molecule has 0 saturated heterocycles. The summed E-state index contributed by atoms with van der Waals surface area (Å²) in [5.41, 5.74) is 0. The standard InChI is InChI=1S/C3H4N3O/c7-6-2-1-4-5-3-6/h1-2H,3H2/q+1. The highest BCUT2D eigenvalue weighted by molar-refractivity contribution is 4.67. The Balaban J connectivity index is 2.66. The first-order chi connectivity index (χ1) is 3.39. The van der Waals surface area contributed by atoms with Gasteiger partial charge in [0, 0.05) is 4.91 Å². The summed E-state index contributed by atoms with van der Waals surface area (Å²) in [6.07, 6.45) is 2.68. The molecule has 1 rings (SSSR count). The third kappa shape index (κ3) is 0.887. The Kier molecular flexibility index (Phi) is 0.934. The summed E-state index contributed by atoms with van der Waals surface area (Å²) in [6, 6.07) is 0. The van der Waals surface area contributed by atoms with E-state index in [0.29, 0.717) is 4.76 Å². The monoisotopic (exact) mass is 98.0 g/mol. The molecule has 1 aliphatic rings. The fraction of sp³-hybridized carbons (Fsp3) is 0.333. The van der Waals surface area contributed by atoms with Crippen LogP contribution in [0.25, 0.3) is 0 Å². The SMILES string of the molecule is O=[N+]1C=CN=NC1. The second-order valence-electron chi connectivity index (χ2n) is 1.11. The number of hydrogen-bond donors (Lipinski definition) is 0. The first-order valence-corrected chi connectivity index (χ1v) is 1.86. The molecule has 0 unspecified atom stereocenters. The third-order valence-electron chi connectivity index (χ3n) is 0.584. The van der Waals surface area contributed by atoms with Crippen LogP contribution in [0.1, 0.15) is 0 Å². The maximum absolute atomic E-state index is 10.1. The van der Waals surface area contributed by atoms with E-state index < -0.39 is 0 Å². The maximum Gasteiger partial charge on any atom is 0.307 e. The fourth-order valence-corrected chi connectivity index (χ4v) is 0.297. The predicted octanol–water partition coefficient (Wildman–Crippen LogP) is 0.660. The summed E-state index contributed by atoms with van der Waals surface area (Å²) >= 11 is 0. The van der Waals surface area contributed by atoms with Gasteiger partial charge in [0.1, 0.15) is 6.20 Å². The number of hydrogen-bond acceptors (Lipinski definition) is 3. The van der Waals surface area contributed by atoms with Gasteiger partial charge in [-0.25, -0.2) is 0 Å². The van der Waals surface area contributed by atoms with Crippen molar-refractivity contribution in [2.75, 3.05) is 6.67 Å². The average Bonchev–Trinajstić information content (AvgIpc) is 1.69. The number of azo groups is 1. The molecule has 0 aromatic heterocycles. The molecule has 0 spiro atoms. The first-order valence-electron chi connectivity index (χ1n) is 1.86. The number of rotatable bonds is 0. The molecule has 0 fully saturated rings. The van der Waals surface area contributed by atoms with Crippen LogP contribution in [0.5, 0.6) is 0 Å². The highest BCUT2D eigenvalue weighted by Crippen LogP contribution is 1.88. The number of nitrogens with zero attached hydrogens (tertiary/aromatic N) is 3. The molecule has 7 heavy (non-hydrogen) atoms. The first kappa shape index (κ1) is 4.11. The van der Waals surface area contributed by atoms with E-state index in [1.54, 1.807) is 0 Å². The molecule has 0 N–H and O–H groups in total. The van der Waals surface area contributed by atoms with Gasteiger partial charge in [-0.05, 0) is 0 Å². The summed E-state index contributed by atoms with van der Waals surface area (Å²) in [4.78, 5) is 10.1. The molecule has 36 valence electrons. The minimum absolute atomic E-state index is 0.135. The normalized spacial score (nSPS) is 18.0. The van der Waals surface area contributed by atoms with Crippen LogP contribution >= 0.6 is 0 Å². The quantitative estimate of drug-likeness (QED) is 0.410. The third-order valence-corrected chi connectivity index (χ3v) is 0.584. The predicted molar refractivity (Wildman–Crippen MR) is 22.5 cm³/mol. The molecule has 4 nitrogen and oxygen atoms in total. The van der Waals surface area contributed by atoms with E-state index in [2.05, 4.69) is 10.2 Å². The van der Waals surface area contributed by atoms with Crippen molar-refractivity contribution in [2.24, 2.45) is 10.2 Å². The zero-order valence-corrected chi connectivity index (χ0v) is 3.61. The molecular weight excluding hydrogens is 94.1 g/mol. The summed E-state index contributed by atoms with van der Waals surface area (Å²) in [5.74, 6) is 0. The van der Waals surface area contributed by atoms with Crippen molar-refractivity contribution in [1.82, 2.24) is 0 Å². The Bertz CT molecular complexity index is 137. The van der Waals surface area contributed by atoms with E-state index in [-0.39, 0.29) is 6.67 Å². The van der Waals surface area contributed by atoms with E-state index in [1.807, 2.05) is 0 Å². The van der Waals surface area contributed by atoms with Crippen LogP contribution in [-0.4, -0.2) is 11.4 Å². The second kappa shape index (κ2) is 1.59. The van der Waals surface area contributed by atoms with Crippen LogP contribution in [0.2, 0.25) is 0 Å². The molecule has 0 amide bonds. The van der Waals surface area contributed by atoms with E-state index in [4.69, 9.17) is 0 Å². The summed E-state index contributed by atoms with van der Waals surface area (Å²) in [5, 5.41) is 6.84. The molecule has 0 aliphatic carbocycles. The number of nitroso groups, excluding NO2 is 1. The van der Waals surface area contributed by atoms with Gasteiger partial charge >= 0.3 is 6.67 Å². The highest BCUT2D eigenvalue weighted by atomic mass is 16.3. The zero-order valence-electron chi connectivity index (χ0n) is 3.61. The van der Waals surface area contributed by atoms with Crippen molar-refractivity contribution >= 4 is 0 Å². The molecule has 0 atom stereocenters. The van der Waals surface area contributed by atoms with Crippen molar-refractivity contribution in [1.29, 1.82) is 0 Å². The minimum atomic E-state index is 0.135. The van der Waals surface area contributed by atoms with Crippen molar-refractivity contribution < 1.29 is 4.76 Å². The van der Waals surface area contributed by atoms with Crippen LogP contribution in [0, 0.1) is 4.91 Å². The largest absolute Gasteiger partial charge is 0.307 e. The summed E-state index contributed by atoms with van der Waals surface area (Å²) in [7, 11) is 0. The fourth-order valence-electron chi connectivity index (χ4n) is 0.297. The van der Waals surface area contributed by atoms with E-state index in [9.17, 15) is 4.91 Å². The molecule has 1 heterocycles.